The van der Waals surface area contributed by atoms with Gasteiger partial charge in [-0.25, -0.2) is 4.79 Å². The molecule has 108 valence electrons. The second kappa shape index (κ2) is 4.94. The average molecular weight is 302 g/mol. The number of hydrazine groups is 1. The van der Waals surface area contributed by atoms with Crippen LogP contribution in [0.1, 0.15) is 5.56 Å². The number of hydrogen-bond donors (Lipinski definition) is 2. The number of hydrogen-bond acceptors (Lipinski definition) is 7. The molecule has 3 N–H and O–H groups in total. The molecule has 0 aromatic heterocycles. The quantitative estimate of drug-likeness (QED) is 0.578. The topological polar surface area (TPSA) is 145 Å². The van der Waals surface area contributed by atoms with Gasteiger partial charge in [-0.1, -0.05) is 4.83 Å². The number of nitrogens with two attached hydrogens (primary N) is 1. The van der Waals surface area contributed by atoms with Crippen LogP contribution >= 0.6 is 0 Å². The van der Waals surface area contributed by atoms with E-state index in [1.165, 1.54) is 23.2 Å². The van der Waals surface area contributed by atoms with E-state index in [1.807, 2.05) is 4.83 Å². The van der Waals surface area contributed by atoms with Crippen molar-refractivity contribution in [1.82, 2.24) is 4.83 Å². The molecule has 11 heteroatoms. The Hall–Kier alpha value is -2.40. The number of anilines is 1. The molecule has 0 radical (unpaired) electrons. The third-order valence-corrected chi connectivity index (χ3v) is 3.41. The summed E-state index contributed by atoms with van der Waals surface area (Å²) < 4.78 is 26.7. The highest BCUT2D eigenvalue weighted by Crippen LogP contribution is 2.30. The van der Waals surface area contributed by atoms with Crippen molar-refractivity contribution in [2.45, 2.75) is 6.42 Å². The molecule has 1 heterocycles. The molecule has 0 saturated heterocycles. The van der Waals surface area contributed by atoms with Crippen molar-refractivity contribution >= 4 is 27.8 Å². The van der Waals surface area contributed by atoms with E-state index in [-0.39, 0.29) is 12.2 Å². The van der Waals surface area contributed by atoms with Gasteiger partial charge in [0.15, 0.2) is 0 Å². The number of nitrogens with zero attached hydrogens (tertiary/aromatic N) is 2. The van der Waals surface area contributed by atoms with Crippen LogP contribution in [0.15, 0.2) is 18.2 Å². The van der Waals surface area contributed by atoms with Gasteiger partial charge in [0.2, 0.25) is 0 Å². The van der Waals surface area contributed by atoms with Crippen LogP contribution in [0.3, 0.4) is 0 Å². The average Bonchev–Trinajstić information content (AvgIpc) is 2.69. The number of non-ortho nitro benzene ring substituents is 1. The zero-order valence-corrected chi connectivity index (χ0v) is 10.8. The number of nitrogens with one attached hydrogen (secondary N) is 1. The number of primary amides is 1. The summed E-state index contributed by atoms with van der Waals surface area (Å²) in [7, 11) is -4.37. The normalized spacial score (nSPS) is 13.9. The Morgan fingerprint density at radius 2 is 2.20 bits per heavy atom. The van der Waals surface area contributed by atoms with Gasteiger partial charge in [-0.05, 0) is 18.1 Å². The minimum Gasteiger partial charge on any atom is -0.334 e. The number of nitro groups is 1. The number of benzene rings is 1. The standard InChI is InChI=1S/C9H10N4O6S/c10-9(14)19-20(17,18)11-12-4-3-6-5-7(13(15)16)1-2-8(6)12/h1-2,5,11H,3-4H2,(H2,10,14). The highest BCUT2D eigenvalue weighted by Gasteiger charge is 2.26. The predicted molar refractivity (Wildman–Crippen MR) is 66.9 cm³/mol. The van der Waals surface area contributed by atoms with Gasteiger partial charge in [-0.2, -0.15) is 8.42 Å². The molecule has 1 aromatic carbocycles. The van der Waals surface area contributed by atoms with Gasteiger partial charge in [-0.15, -0.1) is 0 Å². The highest BCUT2D eigenvalue weighted by atomic mass is 32.2. The molecular formula is C9H10N4O6S. The van der Waals surface area contributed by atoms with Gasteiger partial charge in [-0.3, -0.25) is 15.1 Å². The molecule has 1 aliphatic heterocycles. The van der Waals surface area contributed by atoms with E-state index in [0.717, 1.165) is 0 Å². The molecule has 0 atom stereocenters. The van der Waals surface area contributed by atoms with Gasteiger partial charge in [0, 0.05) is 18.7 Å². The first-order chi connectivity index (χ1) is 9.28. The van der Waals surface area contributed by atoms with Crippen LogP contribution < -0.4 is 15.6 Å². The van der Waals surface area contributed by atoms with Crippen LogP contribution in [0.2, 0.25) is 0 Å². The van der Waals surface area contributed by atoms with Gasteiger partial charge in [0.05, 0.1) is 10.6 Å². The number of carbonyl (C=O) groups is 1. The molecule has 0 unspecified atom stereocenters. The largest absolute Gasteiger partial charge is 0.421 e. The lowest BCUT2D eigenvalue weighted by Gasteiger charge is -2.18. The van der Waals surface area contributed by atoms with Gasteiger partial charge in [0.1, 0.15) is 0 Å². The van der Waals surface area contributed by atoms with Gasteiger partial charge in [0.25, 0.3) is 5.69 Å². The number of fused-ring (bicyclic) bond motifs is 1. The first-order valence-corrected chi connectivity index (χ1v) is 6.75. The van der Waals surface area contributed by atoms with Crippen molar-refractivity contribution in [2.24, 2.45) is 5.73 Å². The SMILES string of the molecule is NC(=O)OS(=O)(=O)NN1CCc2cc([N+](=O)[O-])ccc21. The summed E-state index contributed by atoms with van der Waals surface area (Å²) in [6.07, 6.45) is -1.04. The first-order valence-electron chi connectivity index (χ1n) is 5.34. The molecule has 0 aliphatic carbocycles. The van der Waals surface area contributed by atoms with Crippen LogP contribution in [0.25, 0.3) is 0 Å². The van der Waals surface area contributed by atoms with Crippen molar-refractivity contribution in [2.75, 3.05) is 11.6 Å². The van der Waals surface area contributed by atoms with Crippen LogP contribution in [-0.2, 0) is 20.9 Å². The van der Waals surface area contributed by atoms with Crippen molar-refractivity contribution in [3.8, 4) is 0 Å². The maximum atomic E-state index is 11.4. The minimum absolute atomic E-state index is 0.0816. The Bertz CT molecular complexity index is 673. The van der Waals surface area contributed by atoms with E-state index in [0.29, 0.717) is 17.7 Å². The van der Waals surface area contributed by atoms with Crippen LogP contribution in [0, 0.1) is 10.1 Å². The Morgan fingerprint density at radius 3 is 2.80 bits per heavy atom. The summed E-state index contributed by atoms with van der Waals surface area (Å²) in [6.45, 7) is 0.248. The van der Waals surface area contributed by atoms with Gasteiger partial charge < -0.3 is 9.92 Å². The van der Waals surface area contributed by atoms with E-state index in [2.05, 4.69) is 9.92 Å². The van der Waals surface area contributed by atoms with E-state index in [9.17, 15) is 23.3 Å². The molecule has 1 aliphatic rings. The number of nitro benzene ring substituents is 1. The fourth-order valence-corrected chi connectivity index (χ4v) is 2.57. The van der Waals surface area contributed by atoms with Crippen molar-refractivity contribution in [1.29, 1.82) is 0 Å². The zero-order chi connectivity index (χ0) is 14.9. The molecule has 0 bridgehead atoms. The van der Waals surface area contributed by atoms with E-state index < -0.39 is 21.3 Å². The lowest BCUT2D eigenvalue weighted by Crippen LogP contribution is -2.43. The molecule has 10 nitrogen and oxygen atoms in total. The molecular weight excluding hydrogens is 292 g/mol. The van der Waals surface area contributed by atoms with Gasteiger partial charge >= 0.3 is 16.4 Å². The van der Waals surface area contributed by atoms with Crippen molar-refractivity contribution in [3.05, 3.63) is 33.9 Å². The maximum Gasteiger partial charge on any atom is 0.421 e. The fraction of sp³-hybridized carbons (Fsp3) is 0.222. The molecule has 1 amide bonds. The molecule has 0 saturated carbocycles. The Morgan fingerprint density at radius 1 is 1.50 bits per heavy atom. The second-order valence-corrected chi connectivity index (χ2v) is 5.18. The van der Waals surface area contributed by atoms with Crippen LogP contribution in [0.5, 0.6) is 0 Å². The minimum atomic E-state index is -4.37. The Kier molecular flexibility index (Phi) is 3.46. The molecule has 20 heavy (non-hydrogen) atoms. The summed E-state index contributed by atoms with van der Waals surface area (Å²) in [5.74, 6) is 0. The monoisotopic (exact) mass is 302 g/mol. The molecule has 2 rings (SSSR count). The third-order valence-electron chi connectivity index (χ3n) is 2.58. The number of rotatable bonds is 4. The molecule has 0 fully saturated rings. The summed E-state index contributed by atoms with van der Waals surface area (Å²) in [5.41, 5.74) is 5.61. The fourth-order valence-electron chi connectivity index (χ4n) is 1.86. The first kappa shape index (κ1) is 14.0. The maximum absolute atomic E-state index is 11.4. The summed E-state index contributed by atoms with van der Waals surface area (Å²) in [4.78, 5) is 22.5. The second-order valence-electron chi connectivity index (χ2n) is 3.92. The Balaban J connectivity index is 2.21. The van der Waals surface area contributed by atoms with Crippen molar-refractivity contribution in [3.63, 3.8) is 0 Å². The lowest BCUT2D eigenvalue weighted by atomic mass is 10.1. The zero-order valence-electron chi connectivity index (χ0n) is 9.98. The summed E-state index contributed by atoms with van der Waals surface area (Å²) in [5, 5.41) is 11.8. The van der Waals surface area contributed by atoms with Crippen molar-refractivity contribution < 1.29 is 22.3 Å². The summed E-state index contributed by atoms with van der Waals surface area (Å²) >= 11 is 0. The predicted octanol–water partition coefficient (Wildman–Crippen LogP) is -0.198. The Labute approximate surface area is 113 Å². The number of carbonyl (C=O) groups excluding carboxylic acids is 1. The van der Waals surface area contributed by atoms with E-state index in [4.69, 9.17) is 0 Å². The van der Waals surface area contributed by atoms with Crippen LogP contribution in [0.4, 0.5) is 16.2 Å². The van der Waals surface area contributed by atoms with E-state index >= 15 is 0 Å². The molecule has 0 spiro atoms. The summed E-state index contributed by atoms with van der Waals surface area (Å²) in [6, 6.07) is 4.02. The van der Waals surface area contributed by atoms with E-state index in [1.54, 1.807) is 0 Å². The molecule has 1 aromatic rings. The van der Waals surface area contributed by atoms with Crippen LogP contribution in [-0.4, -0.2) is 26.0 Å². The smallest absolute Gasteiger partial charge is 0.334 e. The lowest BCUT2D eigenvalue weighted by molar-refractivity contribution is -0.384. The number of amides is 1. The third kappa shape index (κ3) is 2.95. The highest BCUT2D eigenvalue weighted by molar-refractivity contribution is 7.85.